The van der Waals surface area contributed by atoms with E-state index in [-0.39, 0.29) is 18.1 Å². The molecule has 2 atom stereocenters. The van der Waals surface area contributed by atoms with Crippen LogP contribution in [0, 0.1) is 0 Å². The lowest BCUT2D eigenvalue weighted by Gasteiger charge is -2.30. The molecule has 124 valence electrons. The van der Waals surface area contributed by atoms with Crippen LogP contribution in [0.3, 0.4) is 0 Å². The van der Waals surface area contributed by atoms with Crippen LogP contribution in [0.2, 0.25) is 5.82 Å². The maximum absolute atomic E-state index is 11.9. The first-order chi connectivity index (χ1) is 11.0. The van der Waals surface area contributed by atoms with Crippen LogP contribution in [-0.2, 0) is 20.7 Å². The fourth-order valence-electron chi connectivity index (χ4n) is 2.70. The molecule has 1 amide bonds. The van der Waals surface area contributed by atoms with Crippen LogP contribution in [0.25, 0.3) is 0 Å². The third-order valence-corrected chi connectivity index (χ3v) is 4.04. The molecular weight excluding hydrogens is 297 g/mol. The fraction of sp³-hybridized carbons (Fsp3) is 0.500. The number of amides is 1. The minimum absolute atomic E-state index is 0.0614. The molecule has 2 rings (SSSR count). The average molecular weight is 319 g/mol. The monoisotopic (exact) mass is 319 g/mol. The minimum Gasteiger partial charge on any atom is -0.481 e. The first kappa shape index (κ1) is 17.5. The summed E-state index contributed by atoms with van der Waals surface area (Å²) >= 11 is 0. The first-order valence-corrected chi connectivity index (χ1v) is 7.90. The quantitative estimate of drug-likeness (QED) is 0.657. The van der Waals surface area contributed by atoms with Crippen molar-refractivity contribution in [2.24, 2.45) is 0 Å². The number of carboxylic acid groups (broad SMARTS) is 1. The van der Waals surface area contributed by atoms with Gasteiger partial charge in [-0.05, 0) is 24.8 Å². The molecule has 0 aromatic heterocycles. The second-order valence-corrected chi connectivity index (χ2v) is 5.87. The Morgan fingerprint density at radius 1 is 1.26 bits per heavy atom. The standard InChI is InChI=1S/C16H22BNO5/c19-15(9-6-12-4-2-1-3-5-12)18-11-13-7-8-14(10-16(20)21)23-17(13)22/h1-5,13-14,22H,6-11H2,(H,18,19)(H,20,21)/t13?,14-/m0/s1. The van der Waals surface area contributed by atoms with E-state index in [9.17, 15) is 14.6 Å². The average Bonchev–Trinajstić information content (AvgIpc) is 2.52. The highest BCUT2D eigenvalue weighted by Crippen LogP contribution is 2.27. The van der Waals surface area contributed by atoms with Gasteiger partial charge in [-0.3, -0.25) is 9.59 Å². The number of benzene rings is 1. The van der Waals surface area contributed by atoms with Crippen molar-refractivity contribution in [3.63, 3.8) is 0 Å². The molecule has 1 saturated heterocycles. The van der Waals surface area contributed by atoms with Crippen molar-refractivity contribution in [1.82, 2.24) is 5.32 Å². The van der Waals surface area contributed by atoms with Gasteiger partial charge in [0, 0.05) is 18.8 Å². The van der Waals surface area contributed by atoms with Gasteiger partial charge in [0.15, 0.2) is 0 Å². The van der Waals surface area contributed by atoms with Gasteiger partial charge < -0.3 is 20.1 Å². The summed E-state index contributed by atoms with van der Waals surface area (Å²) in [6.45, 7) is 0.342. The molecule has 6 nitrogen and oxygen atoms in total. The number of hydrogen-bond acceptors (Lipinski definition) is 4. The molecule has 3 N–H and O–H groups in total. The van der Waals surface area contributed by atoms with Crippen molar-refractivity contribution >= 4 is 19.0 Å². The summed E-state index contributed by atoms with van der Waals surface area (Å²) in [7, 11) is -1.03. The van der Waals surface area contributed by atoms with Gasteiger partial charge in [0.05, 0.1) is 12.5 Å². The summed E-state index contributed by atoms with van der Waals surface area (Å²) in [5, 5.41) is 21.4. The molecule has 1 aliphatic rings. The molecule has 7 heteroatoms. The molecule has 0 aliphatic carbocycles. The predicted molar refractivity (Wildman–Crippen MR) is 85.9 cm³/mol. The van der Waals surface area contributed by atoms with Gasteiger partial charge in [0.2, 0.25) is 5.91 Å². The third-order valence-electron chi connectivity index (χ3n) is 4.04. The van der Waals surface area contributed by atoms with Crippen LogP contribution in [-0.4, -0.2) is 41.8 Å². The molecule has 1 fully saturated rings. The van der Waals surface area contributed by atoms with E-state index in [1.54, 1.807) is 0 Å². The number of aliphatic carboxylic acids is 1. The molecule has 0 saturated carbocycles. The number of carboxylic acids is 1. The molecule has 0 radical (unpaired) electrons. The zero-order chi connectivity index (χ0) is 16.7. The highest BCUT2D eigenvalue weighted by Gasteiger charge is 2.35. The van der Waals surface area contributed by atoms with Crippen LogP contribution < -0.4 is 5.32 Å². The van der Waals surface area contributed by atoms with Crippen molar-refractivity contribution in [1.29, 1.82) is 0 Å². The minimum atomic E-state index is -1.03. The van der Waals surface area contributed by atoms with E-state index in [0.717, 1.165) is 5.56 Å². The largest absolute Gasteiger partial charge is 0.481 e. The summed E-state index contributed by atoms with van der Waals surface area (Å²) in [5.74, 6) is -1.19. The maximum Gasteiger partial charge on any atom is 0.459 e. The van der Waals surface area contributed by atoms with E-state index >= 15 is 0 Å². The highest BCUT2D eigenvalue weighted by atomic mass is 16.5. The topological polar surface area (TPSA) is 95.9 Å². The number of rotatable bonds is 7. The normalized spacial score (nSPS) is 21.0. The highest BCUT2D eigenvalue weighted by molar-refractivity contribution is 6.45. The Labute approximate surface area is 136 Å². The molecule has 0 bridgehead atoms. The van der Waals surface area contributed by atoms with E-state index in [2.05, 4.69) is 5.32 Å². The van der Waals surface area contributed by atoms with Crippen molar-refractivity contribution in [2.75, 3.05) is 6.54 Å². The van der Waals surface area contributed by atoms with Crippen molar-refractivity contribution in [3.8, 4) is 0 Å². The Morgan fingerprint density at radius 3 is 2.65 bits per heavy atom. The molecule has 1 unspecified atom stereocenters. The van der Waals surface area contributed by atoms with Crippen LogP contribution in [0.5, 0.6) is 0 Å². The summed E-state index contributed by atoms with van der Waals surface area (Å²) in [6.07, 6.45) is 1.73. The maximum atomic E-state index is 11.9. The number of carbonyl (C=O) groups is 2. The predicted octanol–water partition coefficient (Wildman–Crippen LogP) is 1.24. The van der Waals surface area contributed by atoms with Gasteiger partial charge in [0.1, 0.15) is 0 Å². The van der Waals surface area contributed by atoms with Gasteiger partial charge in [-0.1, -0.05) is 30.3 Å². The molecule has 1 aromatic carbocycles. The van der Waals surface area contributed by atoms with Crippen LogP contribution >= 0.6 is 0 Å². The lowest BCUT2D eigenvalue weighted by molar-refractivity contribution is -0.139. The molecule has 0 spiro atoms. The number of hydrogen-bond donors (Lipinski definition) is 3. The Hall–Kier alpha value is -1.86. The molecule has 1 aliphatic heterocycles. The summed E-state index contributed by atoms with van der Waals surface area (Å²) in [4.78, 5) is 22.5. The summed E-state index contributed by atoms with van der Waals surface area (Å²) in [6, 6.07) is 9.78. The van der Waals surface area contributed by atoms with Crippen molar-refractivity contribution in [3.05, 3.63) is 35.9 Å². The van der Waals surface area contributed by atoms with Gasteiger partial charge in [-0.2, -0.15) is 0 Å². The van der Waals surface area contributed by atoms with Crippen LogP contribution in [0.1, 0.15) is 31.2 Å². The lowest BCUT2D eigenvalue weighted by atomic mass is 9.66. The van der Waals surface area contributed by atoms with E-state index < -0.39 is 19.2 Å². The Balaban J connectivity index is 1.67. The van der Waals surface area contributed by atoms with Crippen molar-refractivity contribution in [2.45, 2.75) is 44.0 Å². The van der Waals surface area contributed by atoms with Gasteiger partial charge in [0.25, 0.3) is 0 Å². The smallest absolute Gasteiger partial charge is 0.459 e. The molecule has 1 aromatic rings. The van der Waals surface area contributed by atoms with E-state index in [1.165, 1.54) is 0 Å². The SMILES string of the molecule is O=C(O)C[C@@H]1CCC(CNC(=O)CCc2ccccc2)B(O)O1. The molecule has 23 heavy (non-hydrogen) atoms. The van der Waals surface area contributed by atoms with Gasteiger partial charge >= 0.3 is 13.1 Å². The van der Waals surface area contributed by atoms with E-state index in [4.69, 9.17) is 9.76 Å². The number of aryl methyl sites for hydroxylation is 1. The second-order valence-electron chi connectivity index (χ2n) is 5.87. The second kappa shape index (κ2) is 8.69. The Kier molecular flexibility index (Phi) is 6.61. The fourth-order valence-corrected chi connectivity index (χ4v) is 2.70. The Morgan fingerprint density at radius 2 is 2.00 bits per heavy atom. The lowest BCUT2D eigenvalue weighted by Crippen LogP contribution is -2.42. The third kappa shape index (κ3) is 6.04. The summed E-state index contributed by atoms with van der Waals surface area (Å²) in [5.41, 5.74) is 1.11. The van der Waals surface area contributed by atoms with E-state index in [1.807, 2.05) is 30.3 Å². The zero-order valence-corrected chi connectivity index (χ0v) is 13.0. The van der Waals surface area contributed by atoms with E-state index in [0.29, 0.717) is 32.2 Å². The van der Waals surface area contributed by atoms with Gasteiger partial charge in [-0.15, -0.1) is 0 Å². The van der Waals surface area contributed by atoms with Crippen LogP contribution in [0.15, 0.2) is 30.3 Å². The first-order valence-electron chi connectivity index (χ1n) is 7.90. The zero-order valence-electron chi connectivity index (χ0n) is 13.0. The number of nitrogens with one attached hydrogen (secondary N) is 1. The van der Waals surface area contributed by atoms with Crippen molar-refractivity contribution < 1.29 is 24.4 Å². The van der Waals surface area contributed by atoms with Gasteiger partial charge in [-0.25, -0.2) is 0 Å². The Bertz CT molecular complexity index is 524. The number of carbonyl (C=O) groups excluding carboxylic acids is 1. The summed E-state index contributed by atoms with van der Waals surface area (Å²) < 4.78 is 5.29. The molecular formula is C16H22BNO5. The van der Waals surface area contributed by atoms with Crippen LogP contribution in [0.4, 0.5) is 0 Å². The molecule has 1 heterocycles.